The van der Waals surface area contributed by atoms with Gasteiger partial charge in [-0.15, -0.1) is 0 Å². The Morgan fingerprint density at radius 1 is 0.440 bits per heavy atom. The first-order valence-corrected chi connectivity index (χ1v) is 17.4. The molecule has 2 heteroatoms. The van der Waals surface area contributed by atoms with Crippen molar-refractivity contribution in [2.24, 2.45) is 0 Å². The Morgan fingerprint density at radius 2 is 1.10 bits per heavy atom. The van der Waals surface area contributed by atoms with E-state index in [2.05, 4.69) is 152 Å². The monoisotopic (exact) mass is 638 g/mol. The number of aryl methyl sites for hydroxylation is 1. The molecule has 0 N–H and O–H groups in total. The summed E-state index contributed by atoms with van der Waals surface area (Å²) >= 11 is 0. The SMILES string of the molecule is C1=Cc2oc3c(cc(-c4c5ccccc5c(-c5cccc(-c6ccc7ccccc7c6)c5)c5ccccc45)c4oc5ccccc5c43)c2CC1. The Bertz CT molecular complexity index is 2980. The van der Waals surface area contributed by atoms with Crippen LogP contribution < -0.4 is 0 Å². The van der Waals surface area contributed by atoms with E-state index >= 15 is 0 Å². The predicted molar refractivity (Wildman–Crippen MR) is 210 cm³/mol. The minimum absolute atomic E-state index is 0.870. The molecule has 10 aromatic rings. The Labute approximate surface area is 288 Å². The first-order valence-electron chi connectivity index (χ1n) is 17.4. The molecule has 2 nitrogen and oxygen atoms in total. The van der Waals surface area contributed by atoms with E-state index in [1.165, 1.54) is 71.1 Å². The van der Waals surface area contributed by atoms with Gasteiger partial charge in [0.15, 0.2) is 0 Å². The van der Waals surface area contributed by atoms with Crippen LogP contribution in [0.25, 0.3) is 105 Å². The third-order valence-electron chi connectivity index (χ3n) is 10.7. The van der Waals surface area contributed by atoms with Gasteiger partial charge in [-0.3, -0.25) is 0 Å². The van der Waals surface area contributed by atoms with Crippen molar-refractivity contribution in [3.05, 3.63) is 163 Å². The topological polar surface area (TPSA) is 26.3 Å². The summed E-state index contributed by atoms with van der Waals surface area (Å²) in [4.78, 5) is 0. The third kappa shape index (κ3) is 3.96. The second-order valence-electron chi connectivity index (χ2n) is 13.5. The molecule has 0 radical (unpaired) electrons. The van der Waals surface area contributed by atoms with Crippen LogP contribution in [0.1, 0.15) is 17.7 Å². The number of allylic oxidation sites excluding steroid dienone is 1. The summed E-state index contributed by atoms with van der Waals surface area (Å²) in [6, 6.07) is 52.8. The lowest BCUT2D eigenvalue weighted by atomic mass is 9.84. The van der Waals surface area contributed by atoms with Gasteiger partial charge in [-0.2, -0.15) is 0 Å². The van der Waals surface area contributed by atoms with Gasteiger partial charge >= 0.3 is 0 Å². The van der Waals surface area contributed by atoms with Gasteiger partial charge in [0, 0.05) is 27.5 Å². The first-order chi connectivity index (χ1) is 24.8. The Morgan fingerprint density at radius 3 is 1.90 bits per heavy atom. The minimum Gasteiger partial charge on any atom is -0.456 e. The van der Waals surface area contributed by atoms with Gasteiger partial charge in [0.25, 0.3) is 0 Å². The quantitative estimate of drug-likeness (QED) is 0.180. The molecule has 0 saturated carbocycles. The molecule has 0 aliphatic heterocycles. The minimum atomic E-state index is 0.870. The molecule has 0 bridgehead atoms. The largest absolute Gasteiger partial charge is 0.456 e. The van der Waals surface area contributed by atoms with Crippen molar-refractivity contribution in [2.75, 3.05) is 0 Å². The van der Waals surface area contributed by atoms with Crippen LogP contribution in [-0.2, 0) is 6.42 Å². The highest BCUT2D eigenvalue weighted by molar-refractivity contribution is 6.28. The molecule has 1 aliphatic rings. The van der Waals surface area contributed by atoms with Gasteiger partial charge < -0.3 is 8.83 Å². The fourth-order valence-corrected chi connectivity index (χ4v) is 8.45. The zero-order valence-corrected chi connectivity index (χ0v) is 27.2. The van der Waals surface area contributed by atoms with Crippen LogP contribution in [0.2, 0.25) is 0 Å². The molecule has 0 unspecified atom stereocenters. The van der Waals surface area contributed by atoms with Gasteiger partial charge in [-0.05, 0) is 97.8 Å². The average molecular weight is 639 g/mol. The zero-order valence-electron chi connectivity index (χ0n) is 27.2. The maximum atomic E-state index is 6.81. The number of hydrogen-bond acceptors (Lipinski definition) is 2. The molecule has 50 heavy (non-hydrogen) atoms. The van der Waals surface area contributed by atoms with Crippen molar-refractivity contribution in [3.63, 3.8) is 0 Å². The molecular weight excluding hydrogens is 609 g/mol. The van der Waals surface area contributed by atoms with Gasteiger partial charge in [0.1, 0.15) is 22.5 Å². The molecule has 2 heterocycles. The summed E-state index contributed by atoms with van der Waals surface area (Å²) in [6.45, 7) is 0. The van der Waals surface area contributed by atoms with E-state index in [-0.39, 0.29) is 0 Å². The van der Waals surface area contributed by atoms with E-state index in [0.29, 0.717) is 0 Å². The number of benzene rings is 8. The lowest BCUT2D eigenvalue weighted by molar-refractivity contribution is 0.598. The highest BCUT2D eigenvalue weighted by Gasteiger charge is 2.26. The number of fused-ring (bicyclic) bond motifs is 10. The molecular formula is C48H30O2. The molecule has 234 valence electrons. The van der Waals surface area contributed by atoms with Crippen molar-refractivity contribution in [1.29, 1.82) is 0 Å². The van der Waals surface area contributed by atoms with Crippen LogP contribution in [-0.4, -0.2) is 0 Å². The summed E-state index contributed by atoms with van der Waals surface area (Å²) in [5, 5.41) is 10.7. The number of para-hydroxylation sites is 1. The maximum Gasteiger partial charge on any atom is 0.147 e. The summed E-state index contributed by atoms with van der Waals surface area (Å²) in [7, 11) is 0. The van der Waals surface area contributed by atoms with Gasteiger partial charge in [0.2, 0.25) is 0 Å². The average Bonchev–Trinajstić information content (AvgIpc) is 3.75. The molecule has 0 spiro atoms. The van der Waals surface area contributed by atoms with E-state index in [0.717, 1.165) is 51.7 Å². The van der Waals surface area contributed by atoms with Crippen LogP contribution in [0, 0.1) is 0 Å². The number of furan rings is 2. The van der Waals surface area contributed by atoms with E-state index < -0.39 is 0 Å². The summed E-state index contributed by atoms with van der Waals surface area (Å²) in [6.07, 6.45) is 6.33. The molecule has 0 atom stereocenters. The summed E-state index contributed by atoms with van der Waals surface area (Å²) in [5.74, 6) is 0.964. The van der Waals surface area contributed by atoms with Crippen molar-refractivity contribution in [3.8, 4) is 33.4 Å². The summed E-state index contributed by atoms with van der Waals surface area (Å²) in [5.41, 5.74) is 11.1. The first kappa shape index (κ1) is 27.6. The molecule has 2 aromatic heterocycles. The van der Waals surface area contributed by atoms with E-state index in [1.807, 2.05) is 6.07 Å². The van der Waals surface area contributed by atoms with Gasteiger partial charge in [-0.25, -0.2) is 0 Å². The van der Waals surface area contributed by atoms with Crippen LogP contribution in [0.3, 0.4) is 0 Å². The van der Waals surface area contributed by atoms with Crippen molar-refractivity contribution in [2.45, 2.75) is 12.8 Å². The number of rotatable bonds is 3. The molecule has 0 fully saturated rings. The van der Waals surface area contributed by atoms with Crippen molar-refractivity contribution >= 4 is 71.3 Å². The third-order valence-corrected chi connectivity index (χ3v) is 10.7. The van der Waals surface area contributed by atoms with Crippen LogP contribution in [0.5, 0.6) is 0 Å². The van der Waals surface area contributed by atoms with Crippen molar-refractivity contribution < 1.29 is 8.83 Å². The van der Waals surface area contributed by atoms with Crippen LogP contribution in [0.15, 0.2) is 161 Å². The van der Waals surface area contributed by atoms with Crippen molar-refractivity contribution in [1.82, 2.24) is 0 Å². The maximum absolute atomic E-state index is 6.81. The normalized spacial score (nSPS) is 13.0. The smallest absolute Gasteiger partial charge is 0.147 e. The molecule has 0 amide bonds. The Hall–Kier alpha value is -6.38. The fraction of sp³-hybridized carbons (Fsp3) is 0.0417. The number of hydrogen-bond donors (Lipinski definition) is 0. The zero-order chi connectivity index (χ0) is 32.8. The highest BCUT2D eigenvalue weighted by Crippen LogP contribution is 2.50. The standard InChI is InChI=1S/C48H30O2/c1-2-13-30-26-32(25-24-29(30)12-1)31-14-11-15-33(27-31)44-35-17-3-5-19-37(35)45(38-20-6-4-18-36(38)44)41-28-40-34-16-7-9-22-42(34)49-47(40)46-39-21-8-10-23-43(39)50-48(41)46/h1-6,8-15,17-28H,7,16H2. The van der Waals surface area contributed by atoms with Gasteiger partial charge in [-0.1, -0.05) is 127 Å². The molecule has 1 aliphatic carbocycles. The Balaban J connectivity index is 1.23. The fourth-order valence-electron chi connectivity index (χ4n) is 8.45. The summed E-state index contributed by atoms with van der Waals surface area (Å²) < 4.78 is 13.4. The van der Waals surface area contributed by atoms with Crippen LogP contribution in [0.4, 0.5) is 0 Å². The highest BCUT2D eigenvalue weighted by atomic mass is 16.3. The molecule has 8 aromatic carbocycles. The predicted octanol–water partition coefficient (Wildman–Crippen LogP) is 13.8. The van der Waals surface area contributed by atoms with Crippen LogP contribution >= 0.6 is 0 Å². The van der Waals surface area contributed by atoms with E-state index in [4.69, 9.17) is 8.83 Å². The molecule has 11 rings (SSSR count). The second-order valence-corrected chi connectivity index (χ2v) is 13.5. The second kappa shape index (κ2) is 10.6. The van der Waals surface area contributed by atoms with E-state index in [9.17, 15) is 0 Å². The lowest BCUT2D eigenvalue weighted by Gasteiger charge is -2.18. The van der Waals surface area contributed by atoms with Gasteiger partial charge in [0.05, 0.1) is 5.39 Å². The lowest BCUT2D eigenvalue weighted by Crippen LogP contribution is -1.93. The molecule has 0 saturated heterocycles. The van der Waals surface area contributed by atoms with E-state index in [1.54, 1.807) is 0 Å². The Kier molecular flexibility index (Phi) is 5.82.